The molecule has 26 heavy (non-hydrogen) atoms. The second kappa shape index (κ2) is 7.81. The van der Waals surface area contributed by atoms with Crippen molar-refractivity contribution in [3.63, 3.8) is 0 Å². The molecule has 0 bridgehead atoms. The van der Waals surface area contributed by atoms with Crippen LogP contribution in [0.2, 0.25) is 0 Å². The molecular formula is C16H13F4N3O3. The van der Waals surface area contributed by atoms with Gasteiger partial charge < -0.3 is 10.6 Å². The van der Waals surface area contributed by atoms with Gasteiger partial charge in [-0.2, -0.15) is 13.2 Å². The summed E-state index contributed by atoms with van der Waals surface area (Å²) in [6, 6.07) is 7.42. The highest BCUT2D eigenvalue weighted by atomic mass is 19.4. The van der Waals surface area contributed by atoms with E-state index >= 15 is 0 Å². The van der Waals surface area contributed by atoms with Gasteiger partial charge in [0.1, 0.15) is 11.5 Å². The topological polar surface area (TPSA) is 84.3 Å². The molecule has 138 valence electrons. The number of hydrogen-bond acceptors (Lipinski definition) is 4. The van der Waals surface area contributed by atoms with Gasteiger partial charge in [0.25, 0.3) is 11.6 Å². The number of nitro benzene ring substituents is 1. The summed E-state index contributed by atoms with van der Waals surface area (Å²) in [6.45, 7) is -0.0300. The number of nitrogens with zero attached hydrogens (tertiary/aromatic N) is 1. The monoisotopic (exact) mass is 371 g/mol. The first kappa shape index (κ1) is 19.2. The number of carbonyl (C=O) groups is 1. The zero-order valence-electron chi connectivity index (χ0n) is 13.1. The van der Waals surface area contributed by atoms with E-state index in [4.69, 9.17) is 0 Å². The number of benzene rings is 2. The molecule has 1 amide bonds. The summed E-state index contributed by atoms with van der Waals surface area (Å²) in [5.41, 5.74) is -2.15. The van der Waals surface area contributed by atoms with Crippen molar-refractivity contribution in [2.75, 3.05) is 18.4 Å². The van der Waals surface area contributed by atoms with Crippen molar-refractivity contribution in [2.24, 2.45) is 0 Å². The van der Waals surface area contributed by atoms with Crippen LogP contribution in [-0.2, 0) is 6.18 Å². The molecule has 10 heteroatoms. The van der Waals surface area contributed by atoms with Crippen LogP contribution in [0.4, 0.5) is 28.9 Å². The lowest BCUT2D eigenvalue weighted by atomic mass is 10.1. The Hall–Kier alpha value is -3.17. The number of rotatable bonds is 6. The second-order valence-electron chi connectivity index (χ2n) is 5.15. The predicted molar refractivity (Wildman–Crippen MR) is 85.3 cm³/mol. The molecule has 0 spiro atoms. The molecule has 0 saturated carbocycles. The summed E-state index contributed by atoms with van der Waals surface area (Å²) < 4.78 is 51.3. The van der Waals surface area contributed by atoms with Crippen LogP contribution in [0, 0.1) is 15.9 Å². The maximum Gasteiger partial charge on any atom is 0.416 e. The Morgan fingerprint density at radius 3 is 2.42 bits per heavy atom. The second-order valence-corrected chi connectivity index (χ2v) is 5.15. The fourth-order valence-corrected chi connectivity index (χ4v) is 2.12. The van der Waals surface area contributed by atoms with Crippen LogP contribution < -0.4 is 10.6 Å². The third kappa shape index (κ3) is 4.68. The summed E-state index contributed by atoms with van der Waals surface area (Å²) in [5.74, 6) is -1.37. The Bertz CT molecular complexity index is 825. The van der Waals surface area contributed by atoms with Crippen LogP contribution in [0.15, 0.2) is 42.5 Å². The summed E-state index contributed by atoms with van der Waals surface area (Å²) >= 11 is 0. The highest BCUT2D eigenvalue weighted by Crippen LogP contribution is 2.34. The number of anilines is 1. The molecule has 2 aromatic rings. The zero-order valence-corrected chi connectivity index (χ0v) is 13.1. The Morgan fingerprint density at radius 1 is 1.12 bits per heavy atom. The van der Waals surface area contributed by atoms with Gasteiger partial charge in [0.05, 0.1) is 16.1 Å². The molecule has 0 fully saturated rings. The smallest absolute Gasteiger partial charge is 0.378 e. The largest absolute Gasteiger partial charge is 0.416 e. The van der Waals surface area contributed by atoms with Crippen LogP contribution in [0.25, 0.3) is 0 Å². The number of halogens is 4. The molecule has 0 aromatic heterocycles. The van der Waals surface area contributed by atoms with E-state index in [1.54, 1.807) is 0 Å². The van der Waals surface area contributed by atoms with Crippen molar-refractivity contribution in [1.82, 2.24) is 5.32 Å². The zero-order chi connectivity index (χ0) is 19.3. The molecule has 0 radical (unpaired) electrons. The average molecular weight is 371 g/mol. The van der Waals surface area contributed by atoms with Crippen LogP contribution in [-0.4, -0.2) is 23.9 Å². The molecule has 2 rings (SSSR count). The summed E-state index contributed by atoms with van der Waals surface area (Å²) in [6.07, 6.45) is -4.70. The van der Waals surface area contributed by atoms with E-state index < -0.39 is 34.1 Å². The van der Waals surface area contributed by atoms with E-state index in [9.17, 15) is 32.5 Å². The lowest BCUT2D eigenvalue weighted by Crippen LogP contribution is -2.29. The lowest BCUT2D eigenvalue weighted by Gasteiger charge is -2.11. The molecule has 0 saturated heterocycles. The van der Waals surface area contributed by atoms with Gasteiger partial charge in [-0.05, 0) is 24.3 Å². The van der Waals surface area contributed by atoms with Gasteiger partial charge in [0.2, 0.25) is 0 Å². The highest BCUT2D eigenvalue weighted by molar-refractivity contribution is 5.94. The number of amides is 1. The SMILES string of the molecule is O=C(NCCNc1ccc(C(F)(F)F)cc1[N+](=O)[O-])c1ccccc1F. The van der Waals surface area contributed by atoms with Crippen molar-refractivity contribution in [3.8, 4) is 0 Å². The van der Waals surface area contributed by atoms with Crippen molar-refractivity contribution >= 4 is 17.3 Å². The van der Waals surface area contributed by atoms with Crippen LogP contribution in [0.5, 0.6) is 0 Å². The standard InChI is InChI=1S/C16H13F4N3O3/c17-12-4-2-1-3-11(12)15(24)22-8-7-21-13-6-5-10(16(18,19)20)9-14(13)23(25)26/h1-6,9,21H,7-8H2,(H,22,24). The number of alkyl halides is 3. The molecule has 0 heterocycles. The van der Waals surface area contributed by atoms with Gasteiger partial charge in [-0.3, -0.25) is 14.9 Å². The number of hydrogen-bond donors (Lipinski definition) is 2. The van der Waals surface area contributed by atoms with Crippen LogP contribution in [0.3, 0.4) is 0 Å². The predicted octanol–water partition coefficient (Wildman–Crippen LogP) is 3.59. The molecule has 6 nitrogen and oxygen atoms in total. The van der Waals surface area contributed by atoms with Gasteiger partial charge in [-0.1, -0.05) is 12.1 Å². The lowest BCUT2D eigenvalue weighted by molar-refractivity contribution is -0.384. The number of carbonyl (C=O) groups excluding carboxylic acids is 1. The van der Waals surface area contributed by atoms with Crippen molar-refractivity contribution in [1.29, 1.82) is 0 Å². The van der Waals surface area contributed by atoms with E-state index in [0.717, 1.165) is 12.1 Å². The minimum atomic E-state index is -4.70. The van der Waals surface area contributed by atoms with E-state index in [1.165, 1.54) is 18.2 Å². The fourth-order valence-electron chi connectivity index (χ4n) is 2.12. The van der Waals surface area contributed by atoms with E-state index in [2.05, 4.69) is 10.6 Å². The van der Waals surface area contributed by atoms with Crippen LogP contribution in [0.1, 0.15) is 15.9 Å². The Kier molecular flexibility index (Phi) is 5.75. The molecule has 2 N–H and O–H groups in total. The Morgan fingerprint density at radius 2 is 1.81 bits per heavy atom. The molecule has 0 unspecified atom stereocenters. The van der Waals surface area contributed by atoms with Crippen molar-refractivity contribution in [3.05, 3.63) is 69.5 Å². The van der Waals surface area contributed by atoms with Crippen molar-refractivity contribution < 1.29 is 27.3 Å². The maximum atomic E-state index is 13.4. The number of nitrogens with one attached hydrogen (secondary N) is 2. The first-order valence-electron chi connectivity index (χ1n) is 7.32. The maximum absolute atomic E-state index is 13.4. The average Bonchev–Trinajstić information content (AvgIpc) is 2.58. The quantitative estimate of drug-likeness (QED) is 0.352. The third-order valence-electron chi connectivity index (χ3n) is 3.37. The van der Waals surface area contributed by atoms with Crippen LogP contribution >= 0.6 is 0 Å². The van der Waals surface area contributed by atoms with E-state index in [-0.39, 0.29) is 24.3 Å². The van der Waals surface area contributed by atoms with Gasteiger partial charge in [-0.25, -0.2) is 4.39 Å². The minimum Gasteiger partial charge on any atom is -0.378 e. The van der Waals surface area contributed by atoms with Gasteiger partial charge in [0.15, 0.2) is 0 Å². The normalized spacial score (nSPS) is 11.1. The molecule has 0 aliphatic carbocycles. The molecular weight excluding hydrogens is 358 g/mol. The first-order chi connectivity index (χ1) is 12.2. The Labute approximate surface area is 145 Å². The van der Waals surface area contributed by atoms with E-state index in [1.807, 2.05) is 0 Å². The van der Waals surface area contributed by atoms with E-state index in [0.29, 0.717) is 12.1 Å². The molecule has 0 aliphatic rings. The van der Waals surface area contributed by atoms with Gasteiger partial charge in [-0.15, -0.1) is 0 Å². The highest BCUT2D eigenvalue weighted by Gasteiger charge is 2.33. The summed E-state index contributed by atoms with van der Waals surface area (Å²) in [5, 5.41) is 15.9. The third-order valence-corrected chi connectivity index (χ3v) is 3.37. The number of nitro groups is 1. The molecule has 2 aromatic carbocycles. The van der Waals surface area contributed by atoms with Crippen molar-refractivity contribution in [2.45, 2.75) is 6.18 Å². The fraction of sp³-hybridized carbons (Fsp3) is 0.188. The first-order valence-corrected chi connectivity index (χ1v) is 7.32. The minimum absolute atomic E-state index is 0.00754. The molecule has 0 atom stereocenters. The summed E-state index contributed by atoms with van der Waals surface area (Å²) in [7, 11) is 0. The Balaban J connectivity index is 1.98. The summed E-state index contributed by atoms with van der Waals surface area (Å²) in [4.78, 5) is 21.8. The molecule has 0 aliphatic heterocycles. The van der Waals surface area contributed by atoms with Gasteiger partial charge >= 0.3 is 6.18 Å². The van der Waals surface area contributed by atoms with Gasteiger partial charge in [0, 0.05) is 19.2 Å².